The summed E-state index contributed by atoms with van der Waals surface area (Å²) in [5.74, 6) is 3.03. The summed E-state index contributed by atoms with van der Waals surface area (Å²) in [6.07, 6.45) is 8.32. The van der Waals surface area contributed by atoms with E-state index in [1.165, 1.54) is 6.34 Å². The average Bonchev–Trinajstić information content (AvgIpc) is 3.44. The van der Waals surface area contributed by atoms with Crippen LogP contribution >= 0.6 is 0 Å². The zero-order chi connectivity index (χ0) is 28.6. The van der Waals surface area contributed by atoms with Crippen molar-refractivity contribution >= 4 is 23.8 Å². The van der Waals surface area contributed by atoms with Gasteiger partial charge < -0.3 is 25.7 Å². The molecule has 2 aliphatic heterocycles. The Balaban J connectivity index is 1.09. The van der Waals surface area contributed by atoms with Gasteiger partial charge in [0, 0.05) is 35.5 Å². The van der Waals surface area contributed by atoms with E-state index in [-0.39, 0.29) is 12.5 Å². The Morgan fingerprint density at radius 1 is 1.05 bits per heavy atom. The van der Waals surface area contributed by atoms with Gasteiger partial charge in [-0.2, -0.15) is 5.10 Å². The van der Waals surface area contributed by atoms with Gasteiger partial charge in [0.1, 0.15) is 0 Å². The molecule has 3 heterocycles. The maximum Gasteiger partial charge on any atom is 0.253 e. The lowest BCUT2D eigenvalue weighted by molar-refractivity contribution is -0.0587. The first-order chi connectivity index (χ1) is 19.8. The van der Waals surface area contributed by atoms with Crippen molar-refractivity contribution in [3.05, 3.63) is 95.7 Å². The Morgan fingerprint density at radius 3 is 2.44 bits per heavy atom. The van der Waals surface area contributed by atoms with Gasteiger partial charge in [0.05, 0.1) is 35.9 Å². The van der Waals surface area contributed by atoms with Gasteiger partial charge in [-0.05, 0) is 60.9 Å². The normalized spacial score (nSPS) is 17.6. The van der Waals surface area contributed by atoms with Crippen LogP contribution in [0, 0.1) is 12.3 Å². The number of likely N-dealkylation sites (tertiary alicyclic amines) is 1. The number of hydrogen-bond donors (Lipinski definition) is 3. The molecule has 1 saturated heterocycles. The number of nitrogens with two attached hydrogens (primary N) is 1. The minimum Gasteiger partial charge on any atom is -0.398 e. The molecule has 4 aromatic rings. The van der Waals surface area contributed by atoms with Crippen LogP contribution in [0.4, 0.5) is 11.5 Å². The third-order valence-corrected chi connectivity index (χ3v) is 7.83. The van der Waals surface area contributed by atoms with Crippen LogP contribution in [-0.2, 0) is 0 Å². The number of aliphatic hydroxyl groups excluding tert-OH is 1. The van der Waals surface area contributed by atoms with Crippen LogP contribution in [0.1, 0.15) is 40.6 Å². The zero-order valence-electron chi connectivity index (χ0n) is 22.4. The molecule has 9 heteroatoms. The SMILES string of the molecule is C#Cc1ccc(-n2ncc3c2N=CN(CC2(O)CCN(C(=O)c4ccc(-c5ccccc5N)cc4)CC2)C3O)cc1. The summed E-state index contributed by atoms with van der Waals surface area (Å²) in [7, 11) is 0. The third kappa shape index (κ3) is 5.07. The number of anilines is 1. The molecule has 9 nitrogen and oxygen atoms in total. The highest BCUT2D eigenvalue weighted by molar-refractivity contribution is 5.95. The third-order valence-electron chi connectivity index (χ3n) is 7.83. The molecule has 41 heavy (non-hydrogen) atoms. The molecule has 0 radical (unpaired) electrons. The average molecular weight is 547 g/mol. The second kappa shape index (κ2) is 10.6. The predicted octanol–water partition coefficient (Wildman–Crippen LogP) is 3.74. The van der Waals surface area contributed by atoms with Gasteiger partial charge in [-0.1, -0.05) is 36.3 Å². The Kier molecular flexibility index (Phi) is 6.79. The van der Waals surface area contributed by atoms with Crippen molar-refractivity contribution in [2.45, 2.75) is 24.7 Å². The highest BCUT2D eigenvalue weighted by atomic mass is 16.3. The number of β-amino-alcohol motifs (C(OH)–C–C–N with tert-alkyl or cyclic N) is 1. The number of nitrogen functional groups attached to an aromatic ring is 1. The van der Waals surface area contributed by atoms with E-state index in [0.29, 0.717) is 48.6 Å². The van der Waals surface area contributed by atoms with E-state index in [1.54, 1.807) is 20.7 Å². The maximum atomic E-state index is 13.2. The topological polar surface area (TPSA) is 120 Å². The maximum absolute atomic E-state index is 13.2. The molecule has 6 rings (SSSR count). The molecule has 206 valence electrons. The lowest BCUT2D eigenvalue weighted by Gasteiger charge is -2.42. The van der Waals surface area contributed by atoms with Crippen molar-refractivity contribution in [3.63, 3.8) is 0 Å². The molecule has 0 aliphatic carbocycles. The van der Waals surface area contributed by atoms with Crippen LogP contribution in [-0.4, -0.2) is 67.3 Å². The molecule has 4 N–H and O–H groups in total. The van der Waals surface area contributed by atoms with Crippen molar-refractivity contribution < 1.29 is 15.0 Å². The standard InChI is InChI=1S/C32H30N6O3/c1-2-22-7-13-25(14-8-22)38-29-27(19-35-38)31(40)37(21-34-29)20-32(41)15-17-36(18-16-32)30(39)24-11-9-23(10-12-24)26-5-3-4-6-28(26)33/h1,3-14,19,21,31,40-41H,15-18,20,33H2. The van der Waals surface area contributed by atoms with Gasteiger partial charge in [-0.3, -0.25) is 4.79 Å². The second-order valence-electron chi connectivity index (χ2n) is 10.5. The number of aliphatic imine (C=N–C) groups is 1. The van der Waals surface area contributed by atoms with Gasteiger partial charge in [0.25, 0.3) is 5.91 Å². The first-order valence-corrected chi connectivity index (χ1v) is 13.4. The molecular weight excluding hydrogens is 516 g/mol. The summed E-state index contributed by atoms with van der Waals surface area (Å²) >= 11 is 0. The number of piperidine rings is 1. The van der Waals surface area contributed by atoms with Gasteiger partial charge in [-0.25, -0.2) is 9.67 Å². The Labute approximate surface area is 238 Å². The molecule has 0 spiro atoms. The van der Waals surface area contributed by atoms with Crippen molar-refractivity contribution in [2.24, 2.45) is 4.99 Å². The van der Waals surface area contributed by atoms with E-state index in [9.17, 15) is 15.0 Å². The zero-order valence-corrected chi connectivity index (χ0v) is 22.4. The van der Waals surface area contributed by atoms with Crippen LogP contribution < -0.4 is 5.73 Å². The first-order valence-electron chi connectivity index (χ1n) is 13.4. The van der Waals surface area contributed by atoms with Crippen LogP contribution in [0.15, 0.2) is 84.0 Å². The number of terminal acetylenes is 1. The molecule has 0 bridgehead atoms. The first kappa shape index (κ1) is 26.3. The van der Waals surface area contributed by atoms with Crippen molar-refractivity contribution in [3.8, 4) is 29.2 Å². The second-order valence-corrected chi connectivity index (χ2v) is 10.5. The highest BCUT2D eigenvalue weighted by Crippen LogP contribution is 2.35. The number of aromatic nitrogens is 2. The number of carbonyl (C=O) groups is 1. The van der Waals surface area contributed by atoms with Gasteiger partial charge >= 0.3 is 0 Å². The fourth-order valence-electron chi connectivity index (χ4n) is 5.41. The number of rotatable bonds is 5. The molecule has 3 aromatic carbocycles. The fourth-order valence-corrected chi connectivity index (χ4v) is 5.41. The summed E-state index contributed by atoms with van der Waals surface area (Å²) in [6, 6.07) is 22.4. The minimum atomic E-state index is -1.09. The number of benzene rings is 3. The van der Waals surface area contributed by atoms with Crippen LogP contribution in [0.3, 0.4) is 0 Å². The molecule has 1 atom stereocenters. The van der Waals surface area contributed by atoms with Crippen LogP contribution in [0.5, 0.6) is 0 Å². The van der Waals surface area contributed by atoms with E-state index in [4.69, 9.17) is 12.2 Å². The molecule has 1 aromatic heterocycles. The number of carbonyl (C=O) groups excluding carboxylic acids is 1. The highest BCUT2D eigenvalue weighted by Gasteiger charge is 2.38. The summed E-state index contributed by atoms with van der Waals surface area (Å²) in [6.45, 7) is 0.982. The number of nitrogens with zero attached hydrogens (tertiary/aromatic N) is 5. The predicted molar refractivity (Wildman–Crippen MR) is 158 cm³/mol. The number of hydrogen-bond acceptors (Lipinski definition) is 7. The van der Waals surface area contributed by atoms with E-state index in [1.807, 2.05) is 72.8 Å². The summed E-state index contributed by atoms with van der Waals surface area (Å²) in [5.41, 5.74) is 10.2. The Hall–Kier alpha value is -4.91. The van der Waals surface area contributed by atoms with Crippen molar-refractivity contribution in [2.75, 3.05) is 25.4 Å². The summed E-state index contributed by atoms with van der Waals surface area (Å²) in [4.78, 5) is 21.1. The number of para-hydroxylation sites is 1. The Morgan fingerprint density at radius 2 is 1.76 bits per heavy atom. The van der Waals surface area contributed by atoms with Crippen molar-refractivity contribution in [1.82, 2.24) is 19.6 Å². The van der Waals surface area contributed by atoms with E-state index < -0.39 is 11.8 Å². The molecule has 2 aliphatic rings. The van der Waals surface area contributed by atoms with Gasteiger partial charge in [-0.15, -0.1) is 6.42 Å². The van der Waals surface area contributed by atoms with E-state index in [0.717, 1.165) is 22.4 Å². The monoisotopic (exact) mass is 546 g/mol. The van der Waals surface area contributed by atoms with Gasteiger partial charge in [0.15, 0.2) is 12.0 Å². The summed E-state index contributed by atoms with van der Waals surface area (Å²) in [5, 5.41) is 26.9. The van der Waals surface area contributed by atoms with Crippen LogP contribution in [0.2, 0.25) is 0 Å². The van der Waals surface area contributed by atoms with E-state index >= 15 is 0 Å². The summed E-state index contributed by atoms with van der Waals surface area (Å²) < 4.78 is 1.65. The molecular formula is C32H30N6O3. The molecule has 1 unspecified atom stereocenters. The largest absolute Gasteiger partial charge is 0.398 e. The molecule has 0 saturated carbocycles. The smallest absolute Gasteiger partial charge is 0.253 e. The Bertz CT molecular complexity index is 1640. The number of aliphatic hydroxyl groups is 2. The van der Waals surface area contributed by atoms with Crippen LogP contribution in [0.25, 0.3) is 16.8 Å². The lowest BCUT2D eigenvalue weighted by atomic mass is 9.90. The number of fused-ring (bicyclic) bond motifs is 1. The molecule has 1 amide bonds. The fraction of sp³-hybridized carbons (Fsp3) is 0.219. The quantitative estimate of drug-likeness (QED) is 0.259. The van der Waals surface area contributed by atoms with Crippen molar-refractivity contribution in [1.29, 1.82) is 0 Å². The molecule has 1 fully saturated rings. The van der Waals surface area contributed by atoms with Gasteiger partial charge in [0.2, 0.25) is 0 Å². The minimum absolute atomic E-state index is 0.0773. The lowest BCUT2D eigenvalue weighted by Crippen LogP contribution is -2.52. The number of amides is 1. The van der Waals surface area contributed by atoms with E-state index in [2.05, 4.69) is 16.0 Å².